The molecule has 1 fully saturated rings. The first kappa shape index (κ1) is 30.3. The number of imidazole rings is 1. The highest BCUT2D eigenvalue weighted by molar-refractivity contribution is 6.30. The summed E-state index contributed by atoms with van der Waals surface area (Å²) in [6.07, 6.45) is 0.977. The molecule has 2 aromatic carbocycles. The lowest BCUT2D eigenvalue weighted by Gasteiger charge is -2.29. The number of benzene rings is 2. The minimum absolute atomic E-state index is 0.0676. The molecule has 7 rings (SSSR count). The third kappa shape index (κ3) is 6.48. The number of aromatic amines is 1. The van der Waals surface area contributed by atoms with Crippen molar-refractivity contribution in [3.05, 3.63) is 94.4 Å². The van der Waals surface area contributed by atoms with Gasteiger partial charge in [-0.3, -0.25) is 9.88 Å². The number of nitrogens with one attached hydrogen (secondary N) is 1. The molecule has 9 nitrogen and oxygen atoms in total. The molecule has 1 unspecified atom stereocenters. The second-order valence-corrected chi connectivity index (χ2v) is 11.7. The van der Waals surface area contributed by atoms with Crippen LogP contribution in [0.4, 0.5) is 17.6 Å². The van der Waals surface area contributed by atoms with Gasteiger partial charge in [-0.1, -0.05) is 35.9 Å². The molecule has 0 amide bonds. The third-order valence-corrected chi connectivity index (χ3v) is 8.40. The lowest BCUT2D eigenvalue weighted by molar-refractivity contribution is -0.144. The molecule has 3 aromatic heterocycles. The Bertz CT molecular complexity index is 1920. The summed E-state index contributed by atoms with van der Waals surface area (Å²) >= 11 is 5.85. The maximum Gasteiger partial charge on any atom is 0.451 e. The van der Waals surface area contributed by atoms with E-state index in [0.29, 0.717) is 48.1 Å². The Kier molecular flexibility index (Phi) is 8.22. The van der Waals surface area contributed by atoms with Crippen LogP contribution in [0.3, 0.4) is 0 Å². The first-order chi connectivity index (χ1) is 22.2. The van der Waals surface area contributed by atoms with Gasteiger partial charge in [0, 0.05) is 30.3 Å². The smallest absolute Gasteiger partial charge is 0.451 e. The van der Waals surface area contributed by atoms with Gasteiger partial charge in [0.1, 0.15) is 29.7 Å². The molecule has 46 heavy (non-hydrogen) atoms. The molecular weight excluding hydrogens is 626 g/mol. The van der Waals surface area contributed by atoms with Crippen LogP contribution < -0.4 is 4.74 Å². The van der Waals surface area contributed by atoms with Crippen LogP contribution in [0.1, 0.15) is 35.6 Å². The van der Waals surface area contributed by atoms with E-state index in [2.05, 4.69) is 35.7 Å². The Balaban J connectivity index is 1.06. The summed E-state index contributed by atoms with van der Waals surface area (Å²) in [7, 11) is 0. The summed E-state index contributed by atoms with van der Waals surface area (Å²) in [4.78, 5) is 13.7. The van der Waals surface area contributed by atoms with Gasteiger partial charge in [0.25, 0.3) is 0 Å². The minimum atomic E-state index is -4.63. The highest BCUT2D eigenvalue weighted by Crippen LogP contribution is 2.30. The molecule has 0 aliphatic carbocycles. The molecule has 1 N–H and O–H groups in total. The van der Waals surface area contributed by atoms with Crippen molar-refractivity contribution in [1.82, 2.24) is 34.6 Å². The zero-order valence-corrected chi connectivity index (χ0v) is 25.2. The highest BCUT2D eigenvalue weighted by Gasteiger charge is 2.35. The lowest BCUT2D eigenvalue weighted by atomic mass is 9.99. The van der Waals surface area contributed by atoms with E-state index in [1.165, 1.54) is 11.6 Å². The van der Waals surface area contributed by atoms with Gasteiger partial charge in [-0.05, 0) is 54.3 Å². The molecule has 1 saturated heterocycles. The number of alkyl halides is 3. The van der Waals surface area contributed by atoms with Gasteiger partial charge in [0.2, 0.25) is 5.82 Å². The summed E-state index contributed by atoms with van der Waals surface area (Å²) < 4.78 is 67.0. The molecule has 0 radical (unpaired) electrons. The maximum atomic E-state index is 14.2. The predicted octanol–water partition coefficient (Wildman–Crippen LogP) is 6.68. The zero-order chi connectivity index (χ0) is 31.8. The second-order valence-electron chi connectivity index (χ2n) is 11.3. The normalized spacial score (nSPS) is 17.2. The van der Waals surface area contributed by atoms with Gasteiger partial charge in [0.15, 0.2) is 5.82 Å². The fourth-order valence-corrected chi connectivity index (χ4v) is 5.73. The standard InChI is InChI=1S/C32H28ClF4N7O2/c33-22-5-4-21(25(34)13-22)18-46-23-3-1-2-20(12-23)19-6-9-43(10-7-19)17-29-39-26-14-27(30-40-31(42-41-30)32(35,36)37)38-15-28(26)44(29)16-24-8-11-45-24/h1-6,12-15,24H,7-11,16-18H2,(H,40,41,42). The Hall–Kier alpha value is -4.33. The van der Waals surface area contributed by atoms with Gasteiger partial charge in [-0.2, -0.15) is 13.2 Å². The Morgan fingerprint density at radius 2 is 1.98 bits per heavy atom. The van der Waals surface area contributed by atoms with Crippen LogP contribution in [0.2, 0.25) is 5.02 Å². The summed E-state index contributed by atoms with van der Waals surface area (Å²) in [5.41, 5.74) is 4.26. The van der Waals surface area contributed by atoms with Crippen molar-refractivity contribution in [3.63, 3.8) is 0 Å². The van der Waals surface area contributed by atoms with E-state index in [9.17, 15) is 17.6 Å². The van der Waals surface area contributed by atoms with Crippen LogP contribution >= 0.6 is 11.6 Å². The van der Waals surface area contributed by atoms with E-state index >= 15 is 0 Å². The summed E-state index contributed by atoms with van der Waals surface area (Å²) in [6, 6.07) is 13.9. The van der Waals surface area contributed by atoms with Crippen molar-refractivity contribution >= 4 is 28.2 Å². The Labute approximate surface area is 265 Å². The SMILES string of the molecule is Fc1cc(Cl)ccc1COc1cccc(C2=CCN(Cc3nc4cc(-c5nnc(C(F)(F)F)[nH]5)ncc4n3CC3CCO3)CC2)c1. The van der Waals surface area contributed by atoms with Gasteiger partial charge < -0.3 is 19.0 Å². The van der Waals surface area contributed by atoms with Crippen LogP contribution in [0.15, 0.2) is 60.8 Å². The number of ether oxygens (including phenoxy) is 2. The zero-order valence-electron chi connectivity index (χ0n) is 24.4. The molecule has 238 valence electrons. The van der Waals surface area contributed by atoms with Gasteiger partial charge >= 0.3 is 6.18 Å². The molecule has 0 saturated carbocycles. The molecule has 2 aliphatic heterocycles. The summed E-state index contributed by atoms with van der Waals surface area (Å²) in [5.74, 6) is -0.191. The molecule has 0 spiro atoms. The summed E-state index contributed by atoms with van der Waals surface area (Å²) in [6.45, 7) is 3.47. The summed E-state index contributed by atoms with van der Waals surface area (Å²) in [5, 5.41) is 7.19. The van der Waals surface area contributed by atoms with Crippen molar-refractivity contribution in [2.75, 3.05) is 19.7 Å². The van der Waals surface area contributed by atoms with Crippen LogP contribution in [0, 0.1) is 5.82 Å². The van der Waals surface area contributed by atoms with Crippen molar-refractivity contribution in [1.29, 1.82) is 0 Å². The van der Waals surface area contributed by atoms with E-state index in [1.807, 2.05) is 24.3 Å². The first-order valence-corrected chi connectivity index (χ1v) is 15.1. The molecule has 5 aromatic rings. The Morgan fingerprint density at radius 1 is 1.11 bits per heavy atom. The maximum absolute atomic E-state index is 14.2. The number of hydrogen-bond acceptors (Lipinski definition) is 7. The largest absolute Gasteiger partial charge is 0.489 e. The average molecular weight is 654 g/mol. The number of nitrogens with zero attached hydrogens (tertiary/aromatic N) is 6. The predicted molar refractivity (Wildman–Crippen MR) is 162 cm³/mol. The van der Waals surface area contributed by atoms with Gasteiger partial charge in [-0.25, -0.2) is 9.37 Å². The first-order valence-electron chi connectivity index (χ1n) is 14.7. The molecule has 5 heterocycles. The number of fused-ring (bicyclic) bond motifs is 1. The quantitative estimate of drug-likeness (QED) is 0.177. The van der Waals surface area contributed by atoms with E-state index in [4.69, 9.17) is 26.1 Å². The van der Waals surface area contributed by atoms with Crippen molar-refractivity contribution in [2.24, 2.45) is 0 Å². The molecular formula is C32H28ClF4N7O2. The fraction of sp³-hybridized carbons (Fsp3) is 0.312. The van der Waals surface area contributed by atoms with Crippen LogP contribution in [0.5, 0.6) is 5.75 Å². The van der Waals surface area contributed by atoms with Crippen LogP contribution in [-0.4, -0.2) is 60.4 Å². The monoisotopic (exact) mass is 653 g/mol. The molecule has 2 aliphatic rings. The average Bonchev–Trinajstić information content (AvgIpc) is 3.64. The minimum Gasteiger partial charge on any atom is -0.489 e. The molecule has 0 bridgehead atoms. The van der Waals surface area contributed by atoms with Crippen LogP contribution in [-0.2, 0) is 30.6 Å². The number of hydrogen-bond donors (Lipinski definition) is 1. The van der Waals surface area contributed by atoms with Crippen molar-refractivity contribution in [2.45, 2.75) is 44.8 Å². The fourth-order valence-electron chi connectivity index (χ4n) is 5.57. The second kappa shape index (κ2) is 12.5. The number of aromatic nitrogens is 6. The van der Waals surface area contributed by atoms with Crippen molar-refractivity contribution < 1.29 is 27.0 Å². The van der Waals surface area contributed by atoms with Crippen LogP contribution in [0.25, 0.3) is 28.1 Å². The number of H-pyrrole nitrogens is 1. The lowest BCUT2D eigenvalue weighted by Crippen LogP contribution is -2.33. The topological polar surface area (TPSA) is 94.0 Å². The molecule has 1 atom stereocenters. The van der Waals surface area contributed by atoms with Crippen molar-refractivity contribution in [3.8, 4) is 17.3 Å². The number of halogens is 5. The number of rotatable bonds is 9. The van der Waals surface area contributed by atoms with E-state index in [-0.39, 0.29) is 24.2 Å². The van der Waals surface area contributed by atoms with Gasteiger partial charge in [-0.15, -0.1) is 10.2 Å². The molecule has 14 heteroatoms. The highest BCUT2D eigenvalue weighted by atomic mass is 35.5. The van der Waals surface area contributed by atoms with E-state index in [1.54, 1.807) is 24.4 Å². The third-order valence-electron chi connectivity index (χ3n) is 8.16. The number of pyridine rings is 1. The Morgan fingerprint density at radius 3 is 2.70 bits per heavy atom. The van der Waals surface area contributed by atoms with E-state index in [0.717, 1.165) is 36.3 Å². The van der Waals surface area contributed by atoms with E-state index < -0.39 is 17.8 Å². The van der Waals surface area contributed by atoms with Gasteiger partial charge in [0.05, 0.1) is 36.4 Å².